The molecule has 2 aromatic carbocycles. The van der Waals surface area contributed by atoms with Crippen LogP contribution in [-0.4, -0.2) is 28.2 Å². The molecule has 1 heterocycles. The Bertz CT molecular complexity index is 839. The summed E-state index contributed by atoms with van der Waals surface area (Å²) in [4.78, 5) is 8.56. The van der Waals surface area contributed by atoms with E-state index in [2.05, 4.69) is 20.6 Å². The van der Waals surface area contributed by atoms with Crippen molar-refractivity contribution >= 4 is 17.5 Å². The molecule has 5 nitrogen and oxygen atoms in total. The molecule has 0 unspecified atom stereocenters. The molecule has 0 radical (unpaired) electrons. The van der Waals surface area contributed by atoms with Crippen LogP contribution in [0.1, 0.15) is 0 Å². The van der Waals surface area contributed by atoms with Gasteiger partial charge in [0.1, 0.15) is 23.1 Å². The van der Waals surface area contributed by atoms with Gasteiger partial charge in [-0.25, -0.2) is 13.8 Å². The summed E-state index contributed by atoms with van der Waals surface area (Å²) in [6, 6.07) is 14.6. The molecule has 7 heteroatoms. The van der Waals surface area contributed by atoms with Crippen LogP contribution in [0.25, 0.3) is 11.3 Å². The fourth-order valence-electron chi connectivity index (χ4n) is 2.26. The van der Waals surface area contributed by atoms with Crippen molar-refractivity contribution in [3.63, 3.8) is 0 Å². The van der Waals surface area contributed by atoms with Gasteiger partial charge in [-0.05, 0) is 12.1 Å². The molecule has 25 heavy (non-hydrogen) atoms. The number of aromatic nitrogens is 2. The minimum absolute atomic E-state index is 0.0936. The number of nitrogens with zero attached hydrogens (tertiary/aromatic N) is 2. The predicted octanol–water partition coefficient (Wildman–Crippen LogP) is 3.57. The monoisotopic (exact) mass is 342 g/mol. The van der Waals surface area contributed by atoms with Crippen molar-refractivity contribution in [2.45, 2.75) is 0 Å². The Labute approximate surface area is 143 Å². The highest BCUT2D eigenvalue weighted by Gasteiger charge is 2.12. The van der Waals surface area contributed by atoms with Crippen molar-refractivity contribution in [3.8, 4) is 11.3 Å². The highest BCUT2D eigenvalue weighted by molar-refractivity contribution is 5.67. The van der Waals surface area contributed by atoms with E-state index < -0.39 is 11.6 Å². The maximum Gasteiger partial charge on any atom is 0.225 e. The summed E-state index contributed by atoms with van der Waals surface area (Å²) in [5.41, 5.74) is 1.12. The maximum absolute atomic E-state index is 13.9. The van der Waals surface area contributed by atoms with Crippen LogP contribution in [-0.2, 0) is 0 Å². The third-order valence-electron chi connectivity index (χ3n) is 3.41. The fraction of sp³-hybridized carbons (Fsp3) is 0.111. The first-order chi connectivity index (χ1) is 12.2. The average molecular weight is 342 g/mol. The molecule has 3 N–H and O–H groups in total. The minimum atomic E-state index is -0.718. The van der Waals surface area contributed by atoms with Gasteiger partial charge in [0, 0.05) is 18.2 Å². The van der Waals surface area contributed by atoms with Gasteiger partial charge >= 0.3 is 0 Å². The van der Waals surface area contributed by atoms with E-state index in [4.69, 9.17) is 5.11 Å². The number of aliphatic hydroxyl groups excluding tert-OH is 1. The second-order valence-corrected chi connectivity index (χ2v) is 5.20. The van der Waals surface area contributed by atoms with Gasteiger partial charge in [0.15, 0.2) is 0 Å². The first kappa shape index (κ1) is 16.8. The van der Waals surface area contributed by atoms with Gasteiger partial charge < -0.3 is 15.7 Å². The summed E-state index contributed by atoms with van der Waals surface area (Å²) in [5, 5.41) is 14.5. The normalized spacial score (nSPS) is 10.5. The maximum atomic E-state index is 13.9. The molecule has 0 saturated heterocycles. The molecule has 0 atom stereocenters. The van der Waals surface area contributed by atoms with Crippen LogP contribution in [0.15, 0.2) is 54.6 Å². The summed E-state index contributed by atoms with van der Waals surface area (Å²) in [6.45, 7) is 0.162. The Balaban J connectivity index is 2.00. The predicted molar refractivity (Wildman–Crippen MR) is 92.7 cm³/mol. The number of halogens is 2. The van der Waals surface area contributed by atoms with Crippen LogP contribution in [0.2, 0.25) is 0 Å². The van der Waals surface area contributed by atoms with Gasteiger partial charge in [-0.15, -0.1) is 0 Å². The number of hydrogen-bond donors (Lipinski definition) is 3. The number of para-hydroxylation sites is 1. The highest BCUT2D eigenvalue weighted by Crippen LogP contribution is 2.26. The van der Waals surface area contributed by atoms with Crippen LogP contribution < -0.4 is 10.6 Å². The molecule has 128 valence electrons. The van der Waals surface area contributed by atoms with Gasteiger partial charge in [0.2, 0.25) is 5.95 Å². The van der Waals surface area contributed by atoms with Crippen molar-refractivity contribution in [2.75, 3.05) is 23.8 Å². The zero-order valence-corrected chi connectivity index (χ0v) is 13.2. The van der Waals surface area contributed by atoms with E-state index in [0.29, 0.717) is 5.69 Å². The smallest absolute Gasteiger partial charge is 0.225 e. The van der Waals surface area contributed by atoms with Gasteiger partial charge in [-0.1, -0.05) is 36.4 Å². The van der Waals surface area contributed by atoms with E-state index in [-0.39, 0.29) is 30.6 Å². The summed E-state index contributed by atoms with van der Waals surface area (Å²) < 4.78 is 27.7. The van der Waals surface area contributed by atoms with Gasteiger partial charge in [-0.2, -0.15) is 4.98 Å². The van der Waals surface area contributed by atoms with E-state index >= 15 is 0 Å². The second-order valence-electron chi connectivity index (χ2n) is 5.20. The van der Waals surface area contributed by atoms with Crippen LogP contribution in [0.5, 0.6) is 0 Å². The topological polar surface area (TPSA) is 70.1 Å². The van der Waals surface area contributed by atoms with Crippen molar-refractivity contribution in [2.24, 2.45) is 0 Å². The zero-order valence-electron chi connectivity index (χ0n) is 13.2. The number of aliphatic hydroxyl groups is 1. The lowest BCUT2D eigenvalue weighted by Gasteiger charge is -2.12. The third-order valence-corrected chi connectivity index (χ3v) is 3.41. The SMILES string of the molecule is OCCNc1nc(Nc2c(F)cccc2F)cc(-c2ccccc2)n1. The van der Waals surface area contributed by atoms with Crippen LogP contribution in [0.4, 0.5) is 26.2 Å². The molecule has 0 bridgehead atoms. The van der Waals surface area contributed by atoms with Gasteiger partial charge in [-0.3, -0.25) is 0 Å². The van der Waals surface area contributed by atoms with E-state index in [9.17, 15) is 8.78 Å². The molecule has 1 aromatic heterocycles. The first-order valence-electron chi connectivity index (χ1n) is 7.67. The van der Waals surface area contributed by atoms with Gasteiger partial charge in [0.05, 0.1) is 12.3 Å². The van der Waals surface area contributed by atoms with E-state index in [1.54, 1.807) is 6.07 Å². The first-order valence-corrected chi connectivity index (χ1v) is 7.67. The molecule has 0 aliphatic carbocycles. The van der Waals surface area contributed by atoms with Crippen LogP contribution >= 0.6 is 0 Å². The molecule has 3 aromatic rings. The second kappa shape index (κ2) is 7.67. The summed E-state index contributed by atoms with van der Waals surface area (Å²) in [5.74, 6) is -0.956. The number of anilines is 3. The summed E-state index contributed by atoms with van der Waals surface area (Å²) in [7, 11) is 0. The van der Waals surface area contributed by atoms with Gasteiger partial charge in [0.25, 0.3) is 0 Å². The lowest BCUT2D eigenvalue weighted by molar-refractivity contribution is 0.311. The Morgan fingerprint density at radius 1 is 0.920 bits per heavy atom. The molecule has 0 saturated carbocycles. The Hall–Kier alpha value is -3.06. The molecule has 0 spiro atoms. The Kier molecular flexibility index (Phi) is 5.15. The quantitative estimate of drug-likeness (QED) is 0.639. The van der Waals surface area contributed by atoms with Crippen molar-refractivity contribution in [3.05, 3.63) is 66.2 Å². The Morgan fingerprint density at radius 3 is 2.32 bits per heavy atom. The number of nitrogens with one attached hydrogen (secondary N) is 2. The molecule has 0 amide bonds. The largest absolute Gasteiger partial charge is 0.395 e. The zero-order chi connectivity index (χ0) is 17.6. The molecule has 0 aliphatic rings. The van der Waals surface area contributed by atoms with Crippen molar-refractivity contribution in [1.29, 1.82) is 0 Å². The molecular formula is C18H16F2N4O. The number of hydrogen-bond acceptors (Lipinski definition) is 5. The van der Waals surface area contributed by atoms with Crippen molar-refractivity contribution in [1.82, 2.24) is 9.97 Å². The van der Waals surface area contributed by atoms with Crippen LogP contribution in [0, 0.1) is 11.6 Å². The lowest BCUT2D eigenvalue weighted by atomic mass is 10.1. The number of benzene rings is 2. The molecule has 0 aliphatic heterocycles. The molecule has 3 rings (SSSR count). The minimum Gasteiger partial charge on any atom is -0.395 e. The highest BCUT2D eigenvalue weighted by atomic mass is 19.1. The van der Waals surface area contributed by atoms with E-state index in [0.717, 1.165) is 17.7 Å². The molecular weight excluding hydrogens is 326 g/mol. The number of rotatable bonds is 6. The average Bonchev–Trinajstić information content (AvgIpc) is 2.64. The fourth-order valence-corrected chi connectivity index (χ4v) is 2.26. The lowest BCUT2D eigenvalue weighted by Crippen LogP contribution is -2.10. The van der Waals surface area contributed by atoms with Crippen molar-refractivity contribution < 1.29 is 13.9 Å². The third kappa shape index (κ3) is 4.07. The molecule has 0 fully saturated rings. The summed E-state index contributed by atoms with van der Waals surface area (Å²) >= 11 is 0. The summed E-state index contributed by atoms with van der Waals surface area (Å²) in [6.07, 6.45) is 0. The van der Waals surface area contributed by atoms with Crippen LogP contribution in [0.3, 0.4) is 0 Å². The van der Waals surface area contributed by atoms with E-state index in [1.165, 1.54) is 6.07 Å². The standard InChI is InChI=1S/C18H16F2N4O/c19-13-7-4-8-14(20)17(13)23-16-11-15(12-5-2-1-3-6-12)22-18(24-16)21-9-10-25/h1-8,11,25H,9-10H2,(H2,21,22,23,24). The Morgan fingerprint density at radius 2 is 1.64 bits per heavy atom. The van der Waals surface area contributed by atoms with E-state index in [1.807, 2.05) is 30.3 Å².